The average Bonchev–Trinajstić information content (AvgIpc) is 3.17. The van der Waals surface area contributed by atoms with E-state index < -0.39 is 0 Å². The largest absolute Gasteiger partial charge is 0.361 e. The number of thiophene rings is 1. The van der Waals surface area contributed by atoms with Crippen molar-refractivity contribution in [2.45, 2.75) is 32.9 Å². The van der Waals surface area contributed by atoms with Crippen LogP contribution in [0.25, 0.3) is 0 Å². The molecule has 4 heteroatoms. The Morgan fingerprint density at radius 1 is 1.22 bits per heavy atom. The molecule has 4 rings (SSSR count). The Morgan fingerprint density at radius 3 is 2.78 bits per heavy atom. The van der Waals surface area contributed by atoms with Crippen LogP contribution >= 0.6 is 11.3 Å². The van der Waals surface area contributed by atoms with E-state index in [-0.39, 0.29) is 0 Å². The number of nitrogens with zero attached hydrogens (tertiary/aromatic N) is 2. The monoisotopic (exact) mass is 324 g/mol. The van der Waals surface area contributed by atoms with Gasteiger partial charge in [-0.2, -0.15) is 0 Å². The maximum absolute atomic E-state index is 5.36. The molecule has 3 nitrogen and oxygen atoms in total. The highest BCUT2D eigenvalue weighted by atomic mass is 32.1. The number of benzene rings is 1. The van der Waals surface area contributed by atoms with Gasteiger partial charge in [-0.05, 0) is 42.8 Å². The normalized spacial score (nSPS) is 18.1. The molecule has 1 unspecified atom stereocenters. The van der Waals surface area contributed by atoms with Crippen molar-refractivity contribution < 1.29 is 4.52 Å². The molecule has 3 heterocycles. The van der Waals surface area contributed by atoms with Crippen LogP contribution in [0.4, 0.5) is 0 Å². The van der Waals surface area contributed by atoms with Gasteiger partial charge < -0.3 is 4.52 Å². The van der Waals surface area contributed by atoms with Gasteiger partial charge in [0.25, 0.3) is 0 Å². The second kappa shape index (κ2) is 5.95. The van der Waals surface area contributed by atoms with Gasteiger partial charge in [0.05, 0.1) is 11.7 Å². The summed E-state index contributed by atoms with van der Waals surface area (Å²) in [5.41, 5.74) is 5.05. The lowest BCUT2D eigenvalue weighted by Gasteiger charge is -2.36. The highest BCUT2D eigenvalue weighted by Crippen LogP contribution is 2.38. The lowest BCUT2D eigenvalue weighted by atomic mass is 9.92. The molecular weight excluding hydrogens is 304 g/mol. The first-order chi connectivity index (χ1) is 11.2. The Labute approximate surface area is 140 Å². The summed E-state index contributed by atoms with van der Waals surface area (Å²) in [5, 5.41) is 6.34. The predicted molar refractivity (Wildman–Crippen MR) is 92.7 cm³/mol. The second-order valence-corrected chi connectivity index (χ2v) is 7.14. The molecule has 0 spiro atoms. The molecule has 3 aromatic rings. The van der Waals surface area contributed by atoms with E-state index in [4.69, 9.17) is 4.52 Å². The lowest BCUT2D eigenvalue weighted by Crippen LogP contribution is -2.35. The molecule has 0 saturated heterocycles. The molecule has 23 heavy (non-hydrogen) atoms. The van der Waals surface area contributed by atoms with Crippen LogP contribution in [0.15, 0.2) is 46.3 Å². The Morgan fingerprint density at radius 2 is 2.04 bits per heavy atom. The Kier molecular flexibility index (Phi) is 3.79. The van der Waals surface area contributed by atoms with Crippen molar-refractivity contribution in [3.8, 4) is 0 Å². The smallest absolute Gasteiger partial charge is 0.138 e. The van der Waals surface area contributed by atoms with E-state index in [1.807, 2.05) is 25.2 Å². The van der Waals surface area contributed by atoms with Gasteiger partial charge in [-0.15, -0.1) is 11.3 Å². The van der Waals surface area contributed by atoms with Crippen molar-refractivity contribution >= 4 is 11.3 Å². The van der Waals surface area contributed by atoms with E-state index in [1.165, 1.54) is 21.6 Å². The van der Waals surface area contributed by atoms with Crippen molar-refractivity contribution in [1.82, 2.24) is 10.1 Å². The molecule has 0 fully saturated rings. The summed E-state index contributed by atoms with van der Waals surface area (Å²) in [6, 6.07) is 13.4. The van der Waals surface area contributed by atoms with Crippen LogP contribution in [0.3, 0.4) is 0 Å². The van der Waals surface area contributed by atoms with Crippen LogP contribution in [-0.4, -0.2) is 16.6 Å². The molecule has 1 atom stereocenters. The minimum atomic E-state index is 0.319. The number of hydrogen-bond donors (Lipinski definition) is 0. The summed E-state index contributed by atoms with van der Waals surface area (Å²) in [6.07, 6.45) is 1.12. The second-order valence-electron chi connectivity index (χ2n) is 6.14. The summed E-state index contributed by atoms with van der Waals surface area (Å²) in [7, 11) is 0. The van der Waals surface area contributed by atoms with E-state index in [9.17, 15) is 0 Å². The van der Waals surface area contributed by atoms with Crippen molar-refractivity contribution in [3.05, 3.63) is 74.8 Å². The van der Waals surface area contributed by atoms with Crippen LogP contribution in [-0.2, 0) is 13.0 Å². The molecule has 2 aromatic heterocycles. The SMILES string of the molecule is Cc1noc(C)c1CN1CCc2sccc2C1c1ccccc1. The number of rotatable bonds is 3. The van der Waals surface area contributed by atoms with E-state index in [1.54, 1.807) is 0 Å². The fraction of sp³-hybridized carbons (Fsp3) is 0.316. The molecule has 1 aromatic carbocycles. The zero-order valence-corrected chi connectivity index (χ0v) is 14.3. The van der Waals surface area contributed by atoms with Gasteiger partial charge in [-0.25, -0.2) is 0 Å². The topological polar surface area (TPSA) is 29.3 Å². The number of fused-ring (bicyclic) bond motifs is 1. The maximum Gasteiger partial charge on any atom is 0.138 e. The van der Waals surface area contributed by atoms with Crippen molar-refractivity contribution in [2.24, 2.45) is 0 Å². The van der Waals surface area contributed by atoms with E-state index in [2.05, 4.69) is 51.8 Å². The summed E-state index contributed by atoms with van der Waals surface area (Å²) in [4.78, 5) is 4.07. The number of aromatic nitrogens is 1. The zero-order valence-electron chi connectivity index (χ0n) is 13.5. The van der Waals surface area contributed by atoms with Gasteiger partial charge >= 0.3 is 0 Å². The van der Waals surface area contributed by atoms with Crippen LogP contribution in [0.1, 0.15) is 39.1 Å². The molecule has 0 aliphatic carbocycles. The summed E-state index contributed by atoms with van der Waals surface area (Å²) in [6.45, 7) is 5.99. The third-order valence-corrected chi connectivity index (χ3v) is 5.72. The molecule has 0 bridgehead atoms. The number of aryl methyl sites for hydroxylation is 2. The van der Waals surface area contributed by atoms with Crippen molar-refractivity contribution in [1.29, 1.82) is 0 Å². The van der Waals surface area contributed by atoms with E-state index in [0.717, 1.165) is 31.0 Å². The molecule has 1 aliphatic rings. The van der Waals surface area contributed by atoms with Gasteiger partial charge in [0, 0.05) is 23.5 Å². The summed E-state index contributed by atoms with van der Waals surface area (Å²) >= 11 is 1.88. The van der Waals surface area contributed by atoms with Crippen molar-refractivity contribution in [2.75, 3.05) is 6.54 Å². The molecule has 0 N–H and O–H groups in total. The van der Waals surface area contributed by atoms with Crippen LogP contribution in [0.5, 0.6) is 0 Å². The van der Waals surface area contributed by atoms with Gasteiger partial charge in [0.2, 0.25) is 0 Å². The first-order valence-electron chi connectivity index (χ1n) is 8.01. The van der Waals surface area contributed by atoms with Crippen molar-refractivity contribution in [3.63, 3.8) is 0 Å². The Bertz CT molecular complexity index is 786. The average molecular weight is 324 g/mol. The lowest BCUT2D eigenvalue weighted by molar-refractivity contribution is 0.205. The minimum Gasteiger partial charge on any atom is -0.361 e. The maximum atomic E-state index is 5.36. The fourth-order valence-corrected chi connectivity index (χ4v) is 4.40. The van der Waals surface area contributed by atoms with Crippen LogP contribution < -0.4 is 0 Å². The summed E-state index contributed by atoms with van der Waals surface area (Å²) in [5.74, 6) is 0.936. The van der Waals surface area contributed by atoms with E-state index >= 15 is 0 Å². The standard InChI is InChI=1S/C19H20N2OS/c1-13-17(14(2)22-20-13)12-21-10-8-18-16(9-11-23-18)19(21)15-6-4-3-5-7-15/h3-7,9,11,19H,8,10,12H2,1-2H3. The van der Waals surface area contributed by atoms with Crippen LogP contribution in [0.2, 0.25) is 0 Å². The molecule has 0 amide bonds. The molecule has 0 radical (unpaired) electrons. The van der Waals surface area contributed by atoms with E-state index in [0.29, 0.717) is 6.04 Å². The summed E-state index contributed by atoms with van der Waals surface area (Å²) < 4.78 is 5.36. The quantitative estimate of drug-likeness (QED) is 0.710. The number of hydrogen-bond acceptors (Lipinski definition) is 4. The molecule has 1 aliphatic heterocycles. The molecule has 118 valence electrons. The van der Waals surface area contributed by atoms with Gasteiger partial charge in [-0.3, -0.25) is 4.90 Å². The molecule has 0 saturated carbocycles. The first kappa shape index (κ1) is 14.7. The molecular formula is C19H20N2OS. The fourth-order valence-electron chi connectivity index (χ4n) is 3.50. The van der Waals surface area contributed by atoms with Gasteiger partial charge in [0.15, 0.2) is 0 Å². The first-order valence-corrected chi connectivity index (χ1v) is 8.89. The van der Waals surface area contributed by atoms with Gasteiger partial charge in [-0.1, -0.05) is 35.5 Å². The van der Waals surface area contributed by atoms with Gasteiger partial charge in [0.1, 0.15) is 5.76 Å². The third kappa shape index (κ3) is 2.62. The Balaban J connectivity index is 1.74. The van der Waals surface area contributed by atoms with Crippen LogP contribution in [0, 0.1) is 13.8 Å². The highest BCUT2D eigenvalue weighted by Gasteiger charge is 2.30. The highest BCUT2D eigenvalue weighted by molar-refractivity contribution is 7.10. The predicted octanol–water partition coefficient (Wildman–Crippen LogP) is 4.50. The minimum absolute atomic E-state index is 0.319. The Hall–Kier alpha value is -1.91. The zero-order chi connectivity index (χ0) is 15.8. The third-order valence-electron chi connectivity index (χ3n) is 4.72.